The van der Waals surface area contributed by atoms with Crippen LogP contribution in [0.25, 0.3) is 0 Å². The molecule has 5 nitrogen and oxygen atoms in total. The third-order valence-corrected chi connectivity index (χ3v) is 5.06. The molecule has 0 spiro atoms. The highest BCUT2D eigenvalue weighted by molar-refractivity contribution is 5.79. The van der Waals surface area contributed by atoms with Gasteiger partial charge in [-0.2, -0.15) is 0 Å². The van der Waals surface area contributed by atoms with Crippen molar-refractivity contribution in [1.29, 1.82) is 0 Å². The second-order valence-corrected chi connectivity index (χ2v) is 6.72. The number of carbonyl (C=O) groups is 1. The number of benzene rings is 1. The molecule has 140 valence electrons. The number of rotatable bonds is 5. The van der Waals surface area contributed by atoms with Crippen LogP contribution in [-0.4, -0.2) is 28.7 Å². The van der Waals surface area contributed by atoms with Gasteiger partial charge in [-0.15, -0.1) is 0 Å². The van der Waals surface area contributed by atoms with Crippen LogP contribution in [0.4, 0.5) is 8.78 Å². The number of carbonyl (C=O) groups excluding carboxylic acids is 1. The predicted molar refractivity (Wildman–Crippen MR) is 92.3 cm³/mol. The first-order chi connectivity index (χ1) is 12.5. The standard InChI is InChI=1S/C19H23F2N3O2/c1-24-10-9-22-18(24)17(13-5-8-15(20)16(21)11-13)23-19(25)12-3-6-14(26-2)7-4-12/h5,8-12,14,17H,3-4,6-7H2,1-2H3,(H,23,25). The number of nitrogens with one attached hydrogen (secondary N) is 1. The van der Waals surface area contributed by atoms with E-state index in [0.717, 1.165) is 37.8 Å². The summed E-state index contributed by atoms with van der Waals surface area (Å²) in [6.07, 6.45) is 6.73. The maximum absolute atomic E-state index is 13.7. The molecule has 1 aromatic carbocycles. The Morgan fingerprint density at radius 1 is 1.27 bits per heavy atom. The molecule has 0 radical (unpaired) electrons. The van der Waals surface area contributed by atoms with E-state index in [0.29, 0.717) is 11.4 Å². The summed E-state index contributed by atoms with van der Waals surface area (Å²) in [6.45, 7) is 0. The van der Waals surface area contributed by atoms with E-state index in [1.165, 1.54) is 6.07 Å². The Morgan fingerprint density at radius 2 is 2.00 bits per heavy atom. The quantitative estimate of drug-likeness (QED) is 0.888. The Morgan fingerprint density at radius 3 is 2.58 bits per heavy atom. The van der Waals surface area contributed by atoms with Gasteiger partial charge in [-0.3, -0.25) is 4.79 Å². The Balaban J connectivity index is 1.81. The molecule has 1 aromatic heterocycles. The highest BCUT2D eigenvalue weighted by Crippen LogP contribution is 2.28. The monoisotopic (exact) mass is 363 g/mol. The fourth-order valence-corrected chi connectivity index (χ4v) is 3.47. The molecule has 0 bridgehead atoms. The number of hydrogen-bond acceptors (Lipinski definition) is 3. The molecule has 1 fully saturated rings. The summed E-state index contributed by atoms with van der Waals surface area (Å²) in [7, 11) is 3.48. The second kappa shape index (κ2) is 7.95. The molecule has 1 aliphatic rings. The fourth-order valence-electron chi connectivity index (χ4n) is 3.47. The molecule has 1 saturated carbocycles. The third kappa shape index (κ3) is 3.93. The van der Waals surface area contributed by atoms with Crippen molar-refractivity contribution in [2.45, 2.75) is 37.8 Å². The minimum atomic E-state index is -0.948. The molecule has 26 heavy (non-hydrogen) atoms. The molecule has 1 N–H and O–H groups in total. The molecule has 1 atom stereocenters. The van der Waals surface area contributed by atoms with E-state index in [9.17, 15) is 13.6 Å². The van der Waals surface area contributed by atoms with Crippen LogP contribution < -0.4 is 5.32 Å². The maximum Gasteiger partial charge on any atom is 0.223 e. The lowest BCUT2D eigenvalue weighted by Crippen LogP contribution is -2.38. The number of halogens is 2. The molecule has 1 amide bonds. The average Bonchev–Trinajstić information content (AvgIpc) is 3.07. The van der Waals surface area contributed by atoms with Gasteiger partial charge in [-0.25, -0.2) is 13.8 Å². The van der Waals surface area contributed by atoms with Gasteiger partial charge in [-0.05, 0) is 43.4 Å². The minimum Gasteiger partial charge on any atom is -0.381 e. The van der Waals surface area contributed by atoms with Crippen LogP contribution in [0.1, 0.15) is 43.1 Å². The van der Waals surface area contributed by atoms with Crippen molar-refractivity contribution in [2.75, 3.05) is 7.11 Å². The Hall–Kier alpha value is -2.28. The van der Waals surface area contributed by atoms with E-state index < -0.39 is 17.7 Å². The van der Waals surface area contributed by atoms with Crippen molar-refractivity contribution in [2.24, 2.45) is 13.0 Å². The van der Waals surface area contributed by atoms with E-state index in [1.807, 2.05) is 0 Å². The van der Waals surface area contributed by atoms with Crippen LogP contribution in [0.15, 0.2) is 30.6 Å². The summed E-state index contributed by atoms with van der Waals surface area (Å²) in [4.78, 5) is 17.1. The number of amides is 1. The van der Waals surface area contributed by atoms with Crippen LogP contribution in [-0.2, 0) is 16.6 Å². The van der Waals surface area contributed by atoms with Gasteiger partial charge in [0.15, 0.2) is 11.6 Å². The van der Waals surface area contributed by atoms with Crippen LogP contribution in [0.2, 0.25) is 0 Å². The van der Waals surface area contributed by atoms with Crippen molar-refractivity contribution in [3.63, 3.8) is 0 Å². The highest BCUT2D eigenvalue weighted by atomic mass is 19.2. The van der Waals surface area contributed by atoms with E-state index in [2.05, 4.69) is 10.3 Å². The van der Waals surface area contributed by atoms with Gasteiger partial charge >= 0.3 is 0 Å². The Kier molecular flexibility index (Phi) is 5.66. The molecule has 7 heteroatoms. The van der Waals surface area contributed by atoms with Gasteiger partial charge in [0.25, 0.3) is 0 Å². The van der Waals surface area contributed by atoms with E-state index in [-0.39, 0.29) is 17.9 Å². The van der Waals surface area contributed by atoms with Crippen molar-refractivity contribution in [3.8, 4) is 0 Å². The predicted octanol–water partition coefficient (Wildman–Crippen LogP) is 3.11. The summed E-state index contributed by atoms with van der Waals surface area (Å²) in [5.74, 6) is -1.52. The van der Waals surface area contributed by atoms with Crippen LogP contribution >= 0.6 is 0 Å². The van der Waals surface area contributed by atoms with Crippen LogP contribution in [0.5, 0.6) is 0 Å². The van der Waals surface area contributed by atoms with Gasteiger partial charge in [-0.1, -0.05) is 6.07 Å². The summed E-state index contributed by atoms with van der Waals surface area (Å²) in [5.41, 5.74) is 0.456. The van der Waals surface area contributed by atoms with E-state index in [1.54, 1.807) is 31.1 Å². The van der Waals surface area contributed by atoms with Gasteiger partial charge in [0.05, 0.1) is 6.10 Å². The molecule has 2 aromatic rings. The van der Waals surface area contributed by atoms with Gasteiger partial charge in [0.1, 0.15) is 11.9 Å². The molecular weight excluding hydrogens is 340 g/mol. The summed E-state index contributed by atoms with van der Waals surface area (Å²) in [6, 6.07) is 3.01. The maximum atomic E-state index is 13.7. The first kappa shape index (κ1) is 18.5. The largest absolute Gasteiger partial charge is 0.381 e. The Bertz CT molecular complexity index is 770. The van der Waals surface area contributed by atoms with Crippen molar-refractivity contribution in [1.82, 2.24) is 14.9 Å². The smallest absolute Gasteiger partial charge is 0.223 e. The van der Waals surface area contributed by atoms with Crippen molar-refractivity contribution < 1.29 is 18.3 Å². The molecular formula is C19H23F2N3O2. The first-order valence-electron chi connectivity index (χ1n) is 8.75. The number of aromatic nitrogens is 2. The molecule has 0 saturated heterocycles. The molecule has 1 aliphatic carbocycles. The lowest BCUT2D eigenvalue weighted by Gasteiger charge is -2.28. The van der Waals surface area contributed by atoms with E-state index in [4.69, 9.17) is 4.74 Å². The zero-order chi connectivity index (χ0) is 18.7. The van der Waals surface area contributed by atoms with Crippen LogP contribution in [0.3, 0.4) is 0 Å². The van der Waals surface area contributed by atoms with Gasteiger partial charge in [0.2, 0.25) is 5.91 Å². The fraction of sp³-hybridized carbons (Fsp3) is 0.474. The highest BCUT2D eigenvalue weighted by Gasteiger charge is 2.29. The van der Waals surface area contributed by atoms with Crippen LogP contribution in [0, 0.1) is 17.6 Å². The number of ether oxygens (including phenoxy) is 1. The average molecular weight is 363 g/mol. The lowest BCUT2D eigenvalue weighted by atomic mass is 9.86. The lowest BCUT2D eigenvalue weighted by molar-refractivity contribution is -0.127. The number of aryl methyl sites for hydroxylation is 1. The topological polar surface area (TPSA) is 56.1 Å². The summed E-state index contributed by atoms with van der Waals surface area (Å²) < 4.78 is 34.1. The molecule has 1 heterocycles. The van der Waals surface area contributed by atoms with Gasteiger partial charge < -0.3 is 14.6 Å². The molecule has 0 aliphatic heterocycles. The zero-order valence-corrected chi connectivity index (χ0v) is 14.9. The Labute approximate surface area is 151 Å². The zero-order valence-electron chi connectivity index (χ0n) is 14.9. The van der Waals surface area contributed by atoms with E-state index >= 15 is 0 Å². The van der Waals surface area contributed by atoms with Gasteiger partial charge in [0, 0.05) is 32.5 Å². The first-order valence-corrected chi connectivity index (χ1v) is 8.75. The second-order valence-electron chi connectivity index (χ2n) is 6.72. The normalized spacial score (nSPS) is 21.4. The van der Waals surface area contributed by atoms with Crippen molar-refractivity contribution in [3.05, 3.63) is 53.6 Å². The molecule has 1 unspecified atom stereocenters. The summed E-state index contributed by atoms with van der Waals surface area (Å²) in [5, 5.41) is 2.97. The number of imidazole rings is 1. The SMILES string of the molecule is COC1CCC(C(=O)NC(c2ccc(F)c(F)c2)c2nccn2C)CC1. The minimum absolute atomic E-state index is 0.0997. The number of hydrogen-bond donors (Lipinski definition) is 1. The number of nitrogens with zero attached hydrogens (tertiary/aromatic N) is 2. The van der Waals surface area contributed by atoms with Crippen molar-refractivity contribution >= 4 is 5.91 Å². The molecule has 3 rings (SSSR count). The number of methoxy groups -OCH3 is 1. The third-order valence-electron chi connectivity index (χ3n) is 5.06. The summed E-state index contributed by atoms with van der Waals surface area (Å²) >= 11 is 0.